The molecule has 0 fully saturated rings. The first-order valence-corrected chi connectivity index (χ1v) is 7.98. The number of anilines is 1. The van der Waals surface area contributed by atoms with Gasteiger partial charge in [0.05, 0.1) is 0 Å². The predicted octanol–water partition coefficient (Wildman–Crippen LogP) is -0.144. The number of nitrogens with one attached hydrogen (secondary N) is 1. The lowest BCUT2D eigenvalue weighted by Crippen LogP contribution is -2.32. The van der Waals surface area contributed by atoms with Crippen molar-refractivity contribution in [3.63, 3.8) is 0 Å². The van der Waals surface area contributed by atoms with Crippen molar-refractivity contribution in [2.45, 2.75) is 24.6 Å². The number of hydrogen-bond acceptors (Lipinski definition) is 7. The second kappa shape index (κ2) is 6.89. The summed E-state index contributed by atoms with van der Waals surface area (Å²) in [6.07, 6.45) is 0.574. The normalized spacial score (nSPS) is 11.8. The van der Waals surface area contributed by atoms with E-state index in [9.17, 15) is 13.2 Å². The van der Waals surface area contributed by atoms with E-state index in [1.807, 2.05) is 0 Å². The molecule has 1 amide bonds. The number of aromatic nitrogens is 2. The molecule has 0 atom stereocenters. The smallest absolute Gasteiger partial charge is 0.272 e. The fourth-order valence-corrected chi connectivity index (χ4v) is 3.91. The molecule has 0 bridgehead atoms. The Kier molecular flexibility index (Phi) is 5.79. The summed E-state index contributed by atoms with van der Waals surface area (Å²) in [6, 6.07) is 0. The number of carbonyl (C=O) groups excluding carboxylic acids is 1. The van der Waals surface area contributed by atoms with Crippen molar-refractivity contribution in [2.75, 3.05) is 25.0 Å². The first kappa shape index (κ1) is 16.0. The van der Waals surface area contributed by atoms with Gasteiger partial charge in [-0.2, -0.15) is 4.31 Å². The zero-order valence-electron chi connectivity index (χ0n) is 10.8. The van der Waals surface area contributed by atoms with Gasteiger partial charge in [-0.15, -0.1) is 10.2 Å². The summed E-state index contributed by atoms with van der Waals surface area (Å²) < 4.78 is 25.7. The average Bonchev–Trinajstić information content (AvgIpc) is 2.78. The summed E-state index contributed by atoms with van der Waals surface area (Å²) in [5.74, 6) is -0.324. The van der Waals surface area contributed by atoms with Gasteiger partial charge in [-0.1, -0.05) is 18.3 Å². The molecule has 108 valence electrons. The molecule has 1 aromatic heterocycles. The molecule has 0 saturated carbocycles. The molecule has 3 N–H and O–H groups in total. The second-order valence-electron chi connectivity index (χ2n) is 3.69. The number of amides is 1. The van der Waals surface area contributed by atoms with Crippen LogP contribution in [0, 0.1) is 0 Å². The van der Waals surface area contributed by atoms with Crippen LogP contribution in [-0.4, -0.2) is 48.5 Å². The van der Waals surface area contributed by atoms with E-state index >= 15 is 0 Å². The standard InChI is InChI=1S/C9H17N5O3S2/c1-3-14(6-4-5-10)19(16,17)9-13-12-8(18-9)11-7(2)15/h3-6,10H2,1-2H3,(H,11,12,15). The van der Waals surface area contributed by atoms with Gasteiger partial charge in [0.25, 0.3) is 10.0 Å². The van der Waals surface area contributed by atoms with Crippen LogP contribution in [0.2, 0.25) is 0 Å². The van der Waals surface area contributed by atoms with Crippen molar-refractivity contribution in [1.29, 1.82) is 0 Å². The van der Waals surface area contributed by atoms with Gasteiger partial charge in [0.2, 0.25) is 15.4 Å². The van der Waals surface area contributed by atoms with E-state index in [4.69, 9.17) is 5.73 Å². The molecule has 0 aliphatic heterocycles. The number of nitrogens with two attached hydrogens (primary N) is 1. The summed E-state index contributed by atoms with van der Waals surface area (Å²) in [5, 5.41) is 9.80. The van der Waals surface area contributed by atoms with Crippen LogP contribution in [0.25, 0.3) is 0 Å². The van der Waals surface area contributed by atoms with Gasteiger partial charge in [-0.3, -0.25) is 4.79 Å². The number of nitrogens with zero attached hydrogens (tertiary/aromatic N) is 3. The van der Waals surface area contributed by atoms with Crippen molar-refractivity contribution in [1.82, 2.24) is 14.5 Å². The number of hydrogen-bond donors (Lipinski definition) is 2. The lowest BCUT2D eigenvalue weighted by atomic mass is 10.4. The first-order chi connectivity index (χ1) is 8.91. The maximum Gasteiger partial charge on any atom is 0.272 e. The van der Waals surface area contributed by atoms with Crippen LogP contribution in [-0.2, 0) is 14.8 Å². The highest BCUT2D eigenvalue weighted by molar-refractivity contribution is 7.91. The minimum Gasteiger partial charge on any atom is -0.330 e. The van der Waals surface area contributed by atoms with Crippen molar-refractivity contribution in [3.8, 4) is 0 Å². The molecule has 8 nitrogen and oxygen atoms in total. The van der Waals surface area contributed by atoms with Gasteiger partial charge in [-0.25, -0.2) is 8.42 Å². The molecule has 1 aromatic rings. The maximum atomic E-state index is 12.2. The first-order valence-electron chi connectivity index (χ1n) is 5.73. The highest BCUT2D eigenvalue weighted by Crippen LogP contribution is 2.23. The van der Waals surface area contributed by atoms with Crippen molar-refractivity contribution >= 4 is 32.4 Å². The van der Waals surface area contributed by atoms with Gasteiger partial charge < -0.3 is 11.1 Å². The summed E-state index contributed by atoms with van der Waals surface area (Å²) in [5.41, 5.74) is 5.38. The summed E-state index contributed by atoms with van der Waals surface area (Å²) in [6.45, 7) is 4.14. The minimum atomic E-state index is -3.67. The van der Waals surface area contributed by atoms with E-state index in [-0.39, 0.29) is 15.4 Å². The van der Waals surface area contributed by atoms with Crippen LogP contribution < -0.4 is 11.1 Å². The van der Waals surface area contributed by atoms with Crippen molar-refractivity contribution < 1.29 is 13.2 Å². The van der Waals surface area contributed by atoms with Crippen molar-refractivity contribution in [2.24, 2.45) is 5.73 Å². The molecular formula is C9H17N5O3S2. The van der Waals surface area contributed by atoms with Crippen LogP contribution in [0.5, 0.6) is 0 Å². The molecule has 0 spiro atoms. The van der Waals surface area contributed by atoms with Crippen LogP contribution >= 0.6 is 11.3 Å². The fraction of sp³-hybridized carbons (Fsp3) is 0.667. The summed E-state index contributed by atoms with van der Waals surface area (Å²) >= 11 is 0.830. The van der Waals surface area contributed by atoms with Crippen LogP contribution in [0.1, 0.15) is 20.3 Å². The zero-order valence-corrected chi connectivity index (χ0v) is 12.4. The average molecular weight is 307 g/mol. The van der Waals surface area contributed by atoms with Crippen LogP contribution in [0.15, 0.2) is 4.34 Å². The number of rotatable bonds is 7. The quantitative estimate of drug-likeness (QED) is 0.677. The molecule has 0 aliphatic rings. The Morgan fingerprint density at radius 3 is 2.68 bits per heavy atom. The largest absolute Gasteiger partial charge is 0.330 e. The molecule has 0 unspecified atom stereocenters. The highest BCUT2D eigenvalue weighted by Gasteiger charge is 2.27. The summed E-state index contributed by atoms with van der Waals surface area (Å²) in [4.78, 5) is 10.9. The Morgan fingerprint density at radius 2 is 2.16 bits per heavy atom. The molecule has 0 saturated heterocycles. The van der Waals surface area contributed by atoms with E-state index in [1.165, 1.54) is 11.2 Å². The van der Waals surface area contributed by atoms with Gasteiger partial charge in [0.15, 0.2) is 0 Å². The molecule has 0 aliphatic carbocycles. The molecule has 10 heteroatoms. The van der Waals surface area contributed by atoms with E-state index < -0.39 is 10.0 Å². The van der Waals surface area contributed by atoms with Crippen molar-refractivity contribution in [3.05, 3.63) is 0 Å². The van der Waals surface area contributed by atoms with E-state index in [0.29, 0.717) is 26.1 Å². The Labute approximate surface area is 116 Å². The van der Waals surface area contributed by atoms with E-state index in [0.717, 1.165) is 11.3 Å². The monoisotopic (exact) mass is 307 g/mol. The molecule has 1 heterocycles. The van der Waals surface area contributed by atoms with Gasteiger partial charge in [0, 0.05) is 20.0 Å². The highest BCUT2D eigenvalue weighted by atomic mass is 32.2. The zero-order chi connectivity index (χ0) is 14.5. The lowest BCUT2D eigenvalue weighted by Gasteiger charge is -2.17. The maximum absolute atomic E-state index is 12.2. The third kappa shape index (κ3) is 4.20. The Bertz CT molecular complexity index is 528. The second-order valence-corrected chi connectivity index (χ2v) is 6.78. The molecular weight excluding hydrogens is 290 g/mol. The number of sulfonamides is 1. The van der Waals surface area contributed by atoms with E-state index in [2.05, 4.69) is 15.5 Å². The topological polar surface area (TPSA) is 118 Å². The molecule has 19 heavy (non-hydrogen) atoms. The van der Waals surface area contributed by atoms with E-state index in [1.54, 1.807) is 6.92 Å². The molecule has 0 radical (unpaired) electrons. The Morgan fingerprint density at radius 1 is 1.47 bits per heavy atom. The Balaban J connectivity index is 2.91. The van der Waals surface area contributed by atoms with Gasteiger partial charge in [-0.05, 0) is 13.0 Å². The third-order valence-electron chi connectivity index (χ3n) is 2.21. The van der Waals surface area contributed by atoms with Gasteiger partial charge >= 0.3 is 0 Å². The number of carbonyl (C=O) groups is 1. The predicted molar refractivity (Wildman–Crippen MR) is 72.3 cm³/mol. The van der Waals surface area contributed by atoms with Crippen LogP contribution in [0.4, 0.5) is 5.13 Å². The van der Waals surface area contributed by atoms with Gasteiger partial charge in [0.1, 0.15) is 0 Å². The van der Waals surface area contributed by atoms with Crippen LogP contribution in [0.3, 0.4) is 0 Å². The summed E-state index contributed by atoms with van der Waals surface area (Å²) in [7, 11) is -3.67. The SMILES string of the molecule is CCN(CCCN)S(=O)(=O)c1nnc(NC(C)=O)s1. The Hall–Kier alpha value is -1.10. The third-order valence-corrected chi connectivity index (χ3v) is 5.37. The fourth-order valence-electron chi connectivity index (χ4n) is 1.34. The molecule has 0 aromatic carbocycles. The minimum absolute atomic E-state index is 0.130. The molecule has 1 rings (SSSR count). The lowest BCUT2D eigenvalue weighted by molar-refractivity contribution is -0.114.